The van der Waals surface area contributed by atoms with Crippen molar-refractivity contribution in [3.05, 3.63) is 64.5 Å². The van der Waals surface area contributed by atoms with Crippen molar-refractivity contribution in [3.8, 4) is 0 Å². The molecular formula is C25H22F8N4O3. The molecule has 3 heterocycles. The van der Waals surface area contributed by atoms with E-state index in [1.54, 1.807) is 6.92 Å². The minimum Gasteiger partial charge on any atom is -0.356 e. The number of carbonyl (C=O) groups is 3. The predicted octanol–water partition coefficient (Wildman–Crippen LogP) is 4.38. The SMILES string of the molecule is C[C@@H]1CC[C@H](C(=O)N[C@@H](c2cc(F)c(C(F)(F)F)cc2F)C2CNC(=O)C2)N1C(=O)c1ccnc(C(F)(F)F)c1. The summed E-state index contributed by atoms with van der Waals surface area (Å²) in [5.74, 6) is -6.42. The van der Waals surface area contributed by atoms with E-state index < -0.39 is 82.6 Å². The first-order chi connectivity index (χ1) is 18.6. The molecule has 0 aliphatic carbocycles. The monoisotopic (exact) mass is 578 g/mol. The molecule has 2 saturated heterocycles. The quantitative estimate of drug-likeness (QED) is 0.516. The minimum atomic E-state index is -5.19. The summed E-state index contributed by atoms with van der Waals surface area (Å²) < 4.78 is 108. The summed E-state index contributed by atoms with van der Waals surface area (Å²) in [5, 5.41) is 4.91. The maximum Gasteiger partial charge on any atom is 0.433 e. The van der Waals surface area contributed by atoms with Gasteiger partial charge >= 0.3 is 12.4 Å². The lowest BCUT2D eigenvalue weighted by Crippen LogP contribution is -2.50. The molecule has 1 unspecified atom stereocenters. The lowest BCUT2D eigenvalue weighted by Gasteiger charge is -2.31. The van der Waals surface area contributed by atoms with E-state index in [9.17, 15) is 49.5 Å². The maximum atomic E-state index is 14.9. The van der Waals surface area contributed by atoms with Crippen LogP contribution in [0.1, 0.15) is 59.4 Å². The lowest BCUT2D eigenvalue weighted by molar-refractivity contribution is -0.141. The van der Waals surface area contributed by atoms with Gasteiger partial charge in [0.15, 0.2) is 0 Å². The van der Waals surface area contributed by atoms with Crippen molar-refractivity contribution in [2.75, 3.05) is 6.54 Å². The first kappa shape index (κ1) is 29.2. The molecule has 40 heavy (non-hydrogen) atoms. The zero-order valence-corrected chi connectivity index (χ0v) is 20.7. The van der Waals surface area contributed by atoms with E-state index in [4.69, 9.17) is 0 Å². The van der Waals surface area contributed by atoms with Gasteiger partial charge in [-0.05, 0) is 44.0 Å². The maximum absolute atomic E-state index is 14.9. The van der Waals surface area contributed by atoms with E-state index in [0.29, 0.717) is 12.1 Å². The number of hydrogen-bond acceptors (Lipinski definition) is 4. The number of alkyl halides is 6. The Morgan fingerprint density at radius 1 is 1.05 bits per heavy atom. The average molecular weight is 578 g/mol. The standard InChI is InChI=1S/C25H22F8N4O3/c1-11-2-3-18(37(11)23(40)12-4-5-34-19(6-12)25(31,32)33)22(39)36-21(13-7-20(38)35-10-13)14-8-17(27)15(9-16(14)26)24(28,29)30/h4-6,8-9,11,13,18,21H,2-3,7,10H2,1H3,(H,35,38)(H,36,39)/t11-,13?,18-,21-/m1/s1. The number of nitrogens with one attached hydrogen (secondary N) is 2. The summed E-state index contributed by atoms with van der Waals surface area (Å²) in [5.41, 5.74) is -4.18. The van der Waals surface area contributed by atoms with Crippen LogP contribution in [0.15, 0.2) is 30.5 Å². The van der Waals surface area contributed by atoms with E-state index in [-0.39, 0.29) is 37.4 Å². The van der Waals surface area contributed by atoms with E-state index in [1.807, 2.05) is 0 Å². The first-order valence-corrected chi connectivity index (χ1v) is 12.1. The molecule has 7 nitrogen and oxygen atoms in total. The van der Waals surface area contributed by atoms with Crippen LogP contribution in [0.25, 0.3) is 0 Å². The third-order valence-electron chi connectivity index (χ3n) is 7.01. The number of likely N-dealkylation sites (tertiary alicyclic amines) is 1. The number of benzene rings is 1. The summed E-state index contributed by atoms with van der Waals surface area (Å²) >= 11 is 0. The van der Waals surface area contributed by atoms with Crippen LogP contribution in [0.4, 0.5) is 35.1 Å². The Morgan fingerprint density at radius 2 is 1.75 bits per heavy atom. The van der Waals surface area contributed by atoms with Crippen LogP contribution in [-0.2, 0) is 21.9 Å². The summed E-state index contributed by atoms with van der Waals surface area (Å²) in [6.45, 7) is 1.46. The number of rotatable bonds is 5. The van der Waals surface area contributed by atoms with Gasteiger partial charge in [0, 0.05) is 42.2 Å². The molecule has 0 bridgehead atoms. The zero-order chi connectivity index (χ0) is 29.6. The number of nitrogens with zero attached hydrogens (tertiary/aromatic N) is 2. The molecule has 1 aromatic heterocycles. The molecule has 2 N–H and O–H groups in total. The number of halogens is 8. The van der Waals surface area contributed by atoms with Gasteiger partial charge in [-0.1, -0.05) is 0 Å². The fourth-order valence-electron chi connectivity index (χ4n) is 5.03. The number of pyridine rings is 1. The third-order valence-corrected chi connectivity index (χ3v) is 7.01. The van der Waals surface area contributed by atoms with Gasteiger partial charge < -0.3 is 15.5 Å². The van der Waals surface area contributed by atoms with Gasteiger partial charge in [0.1, 0.15) is 23.4 Å². The molecule has 2 aromatic rings. The summed E-state index contributed by atoms with van der Waals surface area (Å²) in [6.07, 6.45) is -9.13. The van der Waals surface area contributed by atoms with Crippen molar-refractivity contribution in [1.82, 2.24) is 20.5 Å². The Kier molecular flexibility index (Phi) is 7.78. The van der Waals surface area contributed by atoms with Crippen LogP contribution in [0.5, 0.6) is 0 Å². The molecule has 4 rings (SSSR count). The molecule has 2 aliphatic rings. The van der Waals surface area contributed by atoms with Gasteiger partial charge in [0.25, 0.3) is 5.91 Å². The Bertz CT molecular complexity index is 1330. The van der Waals surface area contributed by atoms with Crippen molar-refractivity contribution in [2.45, 2.75) is 56.7 Å². The van der Waals surface area contributed by atoms with Gasteiger partial charge in [-0.2, -0.15) is 26.3 Å². The predicted molar refractivity (Wildman–Crippen MR) is 121 cm³/mol. The second kappa shape index (κ2) is 10.7. The molecule has 4 atom stereocenters. The van der Waals surface area contributed by atoms with Crippen molar-refractivity contribution in [1.29, 1.82) is 0 Å². The van der Waals surface area contributed by atoms with E-state index in [2.05, 4.69) is 15.6 Å². The summed E-state index contributed by atoms with van der Waals surface area (Å²) in [4.78, 5) is 42.7. The highest BCUT2D eigenvalue weighted by molar-refractivity contribution is 5.98. The smallest absolute Gasteiger partial charge is 0.356 e. The number of carbonyl (C=O) groups excluding carboxylic acids is 3. The molecular weight excluding hydrogens is 556 g/mol. The van der Waals surface area contributed by atoms with Crippen LogP contribution in [-0.4, -0.2) is 46.2 Å². The van der Waals surface area contributed by atoms with Crippen molar-refractivity contribution >= 4 is 17.7 Å². The van der Waals surface area contributed by atoms with Crippen LogP contribution >= 0.6 is 0 Å². The largest absolute Gasteiger partial charge is 0.433 e. The Labute approximate surface area is 221 Å². The van der Waals surface area contributed by atoms with Crippen LogP contribution in [0.2, 0.25) is 0 Å². The van der Waals surface area contributed by atoms with E-state index in [1.165, 1.54) is 0 Å². The van der Waals surface area contributed by atoms with Gasteiger partial charge in [-0.15, -0.1) is 0 Å². The lowest BCUT2D eigenvalue weighted by atomic mass is 9.90. The van der Waals surface area contributed by atoms with Crippen molar-refractivity contribution < 1.29 is 49.5 Å². The molecule has 0 saturated carbocycles. The van der Waals surface area contributed by atoms with Gasteiger partial charge in [-0.25, -0.2) is 8.78 Å². The third kappa shape index (κ3) is 5.87. The molecule has 0 radical (unpaired) electrons. The molecule has 2 aliphatic heterocycles. The van der Waals surface area contributed by atoms with Crippen molar-refractivity contribution in [3.63, 3.8) is 0 Å². The van der Waals surface area contributed by atoms with E-state index in [0.717, 1.165) is 17.2 Å². The van der Waals surface area contributed by atoms with Gasteiger partial charge in [0.05, 0.1) is 11.6 Å². The van der Waals surface area contributed by atoms with Crippen LogP contribution in [0.3, 0.4) is 0 Å². The zero-order valence-electron chi connectivity index (χ0n) is 20.7. The highest BCUT2D eigenvalue weighted by atomic mass is 19.4. The van der Waals surface area contributed by atoms with Gasteiger partial charge in [-0.3, -0.25) is 19.4 Å². The van der Waals surface area contributed by atoms with Crippen molar-refractivity contribution in [2.24, 2.45) is 5.92 Å². The summed E-state index contributed by atoms with van der Waals surface area (Å²) in [7, 11) is 0. The Balaban J connectivity index is 1.65. The molecule has 0 spiro atoms. The Hall–Kier alpha value is -3.78. The average Bonchev–Trinajstić information content (AvgIpc) is 3.47. The van der Waals surface area contributed by atoms with Crippen LogP contribution in [0, 0.1) is 17.6 Å². The highest BCUT2D eigenvalue weighted by Gasteiger charge is 2.43. The summed E-state index contributed by atoms with van der Waals surface area (Å²) in [6, 6.07) is -1.45. The second-order valence-electron chi connectivity index (χ2n) is 9.69. The molecule has 2 fully saturated rings. The molecule has 1 aromatic carbocycles. The van der Waals surface area contributed by atoms with Gasteiger partial charge in [0.2, 0.25) is 11.8 Å². The number of hydrogen-bond donors (Lipinski definition) is 2. The first-order valence-electron chi connectivity index (χ1n) is 12.1. The second-order valence-corrected chi connectivity index (χ2v) is 9.69. The topological polar surface area (TPSA) is 91.4 Å². The van der Waals surface area contributed by atoms with Crippen LogP contribution < -0.4 is 10.6 Å². The normalized spacial score (nSPS) is 22.3. The minimum absolute atomic E-state index is 0.0385. The fourth-order valence-corrected chi connectivity index (χ4v) is 5.03. The number of aromatic nitrogens is 1. The Morgan fingerprint density at radius 3 is 2.35 bits per heavy atom. The molecule has 3 amide bonds. The number of amides is 3. The molecule has 216 valence electrons. The van der Waals surface area contributed by atoms with E-state index >= 15 is 0 Å². The molecule has 15 heteroatoms. The highest BCUT2D eigenvalue weighted by Crippen LogP contribution is 2.37. The fraction of sp³-hybridized carbons (Fsp3) is 0.440.